The van der Waals surface area contributed by atoms with Gasteiger partial charge in [0.25, 0.3) is 0 Å². The number of amides is 1. The second kappa shape index (κ2) is 5.88. The summed E-state index contributed by atoms with van der Waals surface area (Å²) in [6.45, 7) is 1.85. The van der Waals surface area contributed by atoms with Crippen molar-refractivity contribution < 1.29 is 4.79 Å². The van der Waals surface area contributed by atoms with Gasteiger partial charge in [-0.1, -0.05) is 37.3 Å². The van der Waals surface area contributed by atoms with Gasteiger partial charge in [-0.2, -0.15) is 5.10 Å². The predicted molar refractivity (Wildman–Crippen MR) is 79.2 cm³/mol. The second-order valence-corrected chi connectivity index (χ2v) is 4.99. The fourth-order valence-electron chi connectivity index (χ4n) is 2.13. The van der Waals surface area contributed by atoms with Crippen LogP contribution in [0, 0.1) is 5.92 Å². The number of hydrogen-bond acceptors (Lipinski definition) is 3. The maximum atomic E-state index is 12.5. The number of carbonyl (C=O) groups is 1. The molecule has 0 aliphatic heterocycles. The summed E-state index contributed by atoms with van der Waals surface area (Å²) in [6.07, 6.45) is 3.47. The average molecular weight is 272 g/mol. The highest BCUT2D eigenvalue weighted by atomic mass is 16.2. The molecule has 0 aliphatic rings. The van der Waals surface area contributed by atoms with Gasteiger partial charge in [0, 0.05) is 26.3 Å². The van der Waals surface area contributed by atoms with Crippen LogP contribution in [0.2, 0.25) is 0 Å². The average Bonchev–Trinajstić information content (AvgIpc) is 2.91. The fourth-order valence-corrected chi connectivity index (χ4v) is 2.13. The molecule has 5 nitrogen and oxygen atoms in total. The Morgan fingerprint density at radius 3 is 2.55 bits per heavy atom. The van der Waals surface area contributed by atoms with E-state index in [0.717, 1.165) is 11.3 Å². The summed E-state index contributed by atoms with van der Waals surface area (Å²) in [4.78, 5) is 14.1. The molecule has 0 aliphatic carbocycles. The van der Waals surface area contributed by atoms with Crippen molar-refractivity contribution in [3.63, 3.8) is 0 Å². The zero-order valence-corrected chi connectivity index (χ0v) is 12.0. The molecule has 1 amide bonds. The molecular formula is C15H20N4O. The van der Waals surface area contributed by atoms with Gasteiger partial charge in [-0.05, 0) is 5.56 Å². The van der Waals surface area contributed by atoms with Crippen LogP contribution in [0.4, 0.5) is 5.69 Å². The number of benzene rings is 1. The van der Waals surface area contributed by atoms with Crippen LogP contribution in [0.1, 0.15) is 18.5 Å². The van der Waals surface area contributed by atoms with Gasteiger partial charge in [-0.25, -0.2) is 0 Å². The number of hydrogen-bond donors (Lipinski definition) is 1. The highest BCUT2D eigenvalue weighted by Crippen LogP contribution is 2.22. The SMILES string of the molecule is CC(C(=O)N(C)c1cnn(C)c1)C(N)c1ccccc1. The van der Waals surface area contributed by atoms with E-state index in [0.29, 0.717) is 0 Å². The minimum atomic E-state index is -0.317. The molecule has 2 unspecified atom stereocenters. The number of carbonyl (C=O) groups excluding carboxylic acids is 1. The lowest BCUT2D eigenvalue weighted by Crippen LogP contribution is -2.36. The first-order valence-electron chi connectivity index (χ1n) is 6.57. The Morgan fingerprint density at radius 1 is 1.35 bits per heavy atom. The van der Waals surface area contributed by atoms with E-state index in [2.05, 4.69) is 5.10 Å². The summed E-state index contributed by atoms with van der Waals surface area (Å²) < 4.78 is 1.67. The lowest BCUT2D eigenvalue weighted by Gasteiger charge is -2.24. The van der Waals surface area contributed by atoms with Crippen molar-refractivity contribution in [2.24, 2.45) is 18.7 Å². The van der Waals surface area contributed by atoms with Gasteiger partial charge >= 0.3 is 0 Å². The van der Waals surface area contributed by atoms with E-state index in [9.17, 15) is 4.79 Å². The molecule has 0 saturated carbocycles. The molecule has 2 atom stereocenters. The molecule has 0 bridgehead atoms. The molecule has 1 aromatic heterocycles. The highest BCUT2D eigenvalue weighted by molar-refractivity contribution is 5.94. The van der Waals surface area contributed by atoms with Crippen LogP contribution in [0.5, 0.6) is 0 Å². The summed E-state index contributed by atoms with van der Waals surface area (Å²) >= 11 is 0. The Hall–Kier alpha value is -2.14. The number of nitrogens with two attached hydrogens (primary N) is 1. The first-order valence-corrected chi connectivity index (χ1v) is 6.57. The second-order valence-electron chi connectivity index (χ2n) is 4.99. The number of aryl methyl sites for hydroxylation is 1. The molecule has 20 heavy (non-hydrogen) atoms. The van der Waals surface area contributed by atoms with E-state index in [1.165, 1.54) is 0 Å². The number of rotatable bonds is 4. The summed E-state index contributed by atoms with van der Waals surface area (Å²) in [7, 11) is 3.56. The smallest absolute Gasteiger partial charge is 0.231 e. The van der Waals surface area contributed by atoms with Gasteiger partial charge in [0.15, 0.2) is 0 Å². The van der Waals surface area contributed by atoms with Gasteiger partial charge in [-0.15, -0.1) is 0 Å². The zero-order chi connectivity index (χ0) is 14.7. The van der Waals surface area contributed by atoms with Crippen LogP contribution in [-0.2, 0) is 11.8 Å². The molecular weight excluding hydrogens is 252 g/mol. The first kappa shape index (κ1) is 14.3. The Labute approximate surface area is 119 Å². The monoisotopic (exact) mass is 272 g/mol. The standard InChI is InChI=1S/C15H20N4O/c1-11(14(16)12-7-5-4-6-8-12)15(20)19(3)13-9-17-18(2)10-13/h4-11,14H,16H2,1-3H3. The molecule has 0 radical (unpaired) electrons. The Morgan fingerprint density at radius 2 is 2.00 bits per heavy atom. The van der Waals surface area contributed by atoms with Crippen molar-refractivity contribution in [2.75, 3.05) is 11.9 Å². The first-order chi connectivity index (χ1) is 9.50. The van der Waals surface area contributed by atoms with Crippen molar-refractivity contribution in [3.8, 4) is 0 Å². The van der Waals surface area contributed by atoms with E-state index in [1.807, 2.05) is 44.3 Å². The molecule has 106 valence electrons. The third-order valence-corrected chi connectivity index (χ3v) is 3.52. The number of nitrogens with zero attached hydrogens (tertiary/aromatic N) is 3. The largest absolute Gasteiger partial charge is 0.323 e. The van der Waals surface area contributed by atoms with Crippen LogP contribution in [0.3, 0.4) is 0 Å². The van der Waals surface area contributed by atoms with Gasteiger partial charge in [0.2, 0.25) is 5.91 Å². The predicted octanol–water partition coefficient (Wildman–Crippen LogP) is 1.72. The van der Waals surface area contributed by atoms with E-state index >= 15 is 0 Å². The van der Waals surface area contributed by atoms with Gasteiger partial charge in [0.1, 0.15) is 0 Å². The summed E-state index contributed by atoms with van der Waals surface area (Å²) in [5.74, 6) is -0.322. The van der Waals surface area contributed by atoms with Crippen LogP contribution in [0.15, 0.2) is 42.7 Å². The van der Waals surface area contributed by atoms with Crippen LogP contribution in [-0.4, -0.2) is 22.7 Å². The third-order valence-electron chi connectivity index (χ3n) is 3.52. The molecule has 0 saturated heterocycles. The molecule has 2 aromatic rings. The minimum absolute atomic E-state index is 0.0191. The van der Waals surface area contributed by atoms with Crippen LogP contribution < -0.4 is 10.6 Å². The molecule has 5 heteroatoms. The Balaban J connectivity index is 2.12. The summed E-state index contributed by atoms with van der Waals surface area (Å²) in [5.41, 5.74) is 7.93. The molecule has 1 aromatic carbocycles. The van der Waals surface area contributed by atoms with Gasteiger partial charge in [-0.3, -0.25) is 9.48 Å². The molecule has 0 spiro atoms. The van der Waals surface area contributed by atoms with E-state index in [1.54, 1.807) is 29.0 Å². The maximum absolute atomic E-state index is 12.5. The summed E-state index contributed by atoms with van der Waals surface area (Å²) in [6, 6.07) is 9.36. The lowest BCUT2D eigenvalue weighted by molar-refractivity contribution is -0.122. The topological polar surface area (TPSA) is 64.2 Å². The molecule has 2 N–H and O–H groups in total. The lowest BCUT2D eigenvalue weighted by atomic mass is 9.94. The van der Waals surface area contributed by atoms with Crippen molar-refractivity contribution >= 4 is 11.6 Å². The number of anilines is 1. The normalized spacial score (nSPS) is 13.8. The minimum Gasteiger partial charge on any atom is -0.323 e. The summed E-state index contributed by atoms with van der Waals surface area (Å²) in [5, 5.41) is 4.07. The van der Waals surface area contributed by atoms with Crippen molar-refractivity contribution in [3.05, 3.63) is 48.3 Å². The Kier molecular flexibility index (Phi) is 4.20. The van der Waals surface area contributed by atoms with E-state index in [-0.39, 0.29) is 17.9 Å². The van der Waals surface area contributed by atoms with E-state index < -0.39 is 0 Å². The van der Waals surface area contributed by atoms with Crippen LogP contribution >= 0.6 is 0 Å². The van der Waals surface area contributed by atoms with Crippen molar-refractivity contribution in [1.29, 1.82) is 0 Å². The number of aromatic nitrogens is 2. The highest BCUT2D eigenvalue weighted by Gasteiger charge is 2.26. The zero-order valence-electron chi connectivity index (χ0n) is 12.0. The quantitative estimate of drug-likeness (QED) is 0.921. The molecule has 2 rings (SSSR count). The van der Waals surface area contributed by atoms with Crippen molar-refractivity contribution in [1.82, 2.24) is 9.78 Å². The van der Waals surface area contributed by atoms with Gasteiger partial charge < -0.3 is 10.6 Å². The third kappa shape index (κ3) is 2.88. The molecule has 0 fully saturated rings. The fraction of sp³-hybridized carbons (Fsp3) is 0.333. The van der Waals surface area contributed by atoms with Gasteiger partial charge in [0.05, 0.1) is 17.8 Å². The van der Waals surface area contributed by atoms with E-state index in [4.69, 9.17) is 5.73 Å². The van der Waals surface area contributed by atoms with Crippen molar-refractivity contribution in [2.45, 2.75) is 13.0 Å². The molecule has 1 heterocycles. The van der Waals surface area contributed by atoms with Crippen LogP contribution in [0.25, 0.3) is 0 Å². The Bertz CT molecular complexity index is 579. The maximum Gasteiger partial charge on any atom is 0.231 e.